The minimum Gasteiger partial charge on any atom is -0.345 e. The average molecular weight is 241 g/mol. The third kappa shape index (κ3) is 4.64. The zero-order valence-electron chi connectivity index (χ0n) is 11.7. The van der Waals surface area contributed by atoms with Crippen LogP contribution in [0.15, 0.2) is 0 Å². The van der Waals surface area contributed by atoms with Crippen molar-refractivity contribution < 1.29 is 4.79 Å². The monoisotopic (exact) mass is 241 g/mol. The van der Waals surface area contributed by atoms with Gasteiger partial charge < -0.3 is 15.1 Å². The molecule has 1 aliphatic heterocycles. The van der Waals surface area contributed by atoms with Gasteiger partial charge in [-0.3, -0.25) is 4.79 Å². The lowest BCUT2D eigenvalue weighted by molar-refractivity contribution is -0.131. The topological polar surface area (TPSA) is 35.6 Å². The van der Waals surface area contributed by atoms with Crippen LogP contribution < -0.4 is 5.32 Å². The van der Waals surface area contributed by atoms with Gasteiger partial charge in [-0.2, -0.15) is 0 Å². The minimum atomic E-state index is -0.0617. The molecule has 100 valence electrons. The van der Waals surface area contributed by atoms with E-state index in [1.165, 1.54) is 19.4 Å². The fourth-order valence-corrected chi connectivity index (χ4v) is 2.32. The summed E-state index contributed by atoms with van der Waals surface area (Å²) in [5, 5.41) is 3.48. The molecule has 2 atom stereocenters. The normalized spacial score (nSPS) is 24.1. The first kappa shape index (κ1) is 14.5. The number of likely N-dealkylation sites (N-methyl/N-ethyl adjacent to an activating group) is 1. The van der Waals surface area contributed by atoms with E-state index in [1.54, 1.807) is 4.90 Å². The summed E-state index contributed by atoms with van der Waals surface area (Å²) in [6, 6.07) is 0.428. The fraction of sp³-hybridized carbons (Fsp3) is 0.923. The van der Waals surface area contributed by atoms with Crippen LogP contribution in [0.3, 0.4) is 0 Å². The van der Waals surface area contributed by atoms with Gasteiger partial charge in [0.15, 0.2) is 0 Å². The Bertz CT molecular complexity index is 245. The van der Waals surface area contributed by atoms with Gasteiger partial charge in [0, 0.05) is 19.6 Å². The zero-order valence-corrected chi connectivity index (χ0v) is 11.7. The molecule has 1 heterocycles. The van der Waals surface area contributed by atoms with Crippen LogP contribution in [0.1, 0.15) is 33.1 Å². The van der Waals surface area contributed by atoms with Crippen LogP contribution in [0, 0.1) is 0 Å². The SMILES string of the molecule is CCN(C)C(=O)C(C)NC1CCCN(C)CC1. The van der Waals surface area contributed by atoms with Crippen LogP contribution in [0.5, 0.6) is 0 Å². The predicted molar refractivity (Wildman–Crippen MR) is 71.0 cm³/mol. The molecule has 1 rings (SSSR count). The van der Waals surface area contributed by atoms with Gasteiger partial charge in [-0.05, 0) is 53.2 Å². The van der Waals surface area contributed by atoms with Gasteiger partial charge in [0.05, 0.1) is 6.04 Å². The Balaban J connectivity index is 2.39. The van der Waals surface area contributed by atoms with Gasteiger partial charge in [-0.1, -0.05) is 0 Å². The highest BCUT2D eigenvalue weighted by Gasteiger charge is 2.21. The maximum absolute atomic E-state index is 12.0. The molecule has 0 aromatic heterocycles. The number of hydrogen-bond donors (Lipinski definition) is 1. The molecule has 1 N–H and O–H groups in total. The van der Waals surface area contributed by atoms with Crippen LogP contribution in [0.25, 0.3) is 0 Å². The number of hydrogen-bond acceptors (Lipinski definition) is 3. The van der Waals surface area contributed by atoms with E-state index in [9.17, 15) is 4.79 Å². The molecule has 1 saturated heterocycles. The summed E-state index contributed by atoms with van der Waals surface area (Å²) >= 11 is 0. The summed E-state index contributed by atoms with van der Waals surface area (Å²) in [5.74, 6) is 0.199. The van der Waals surface area contributed by atoms with E-state index in [4.69, 9.17) is 0 Å². The quantitative estimate of drug-likeness (QED) is 0.795. The van der Waals surface area contributed by atoms with Gasteiger partial charge >= 0.3 is 0 Å². The summed E-state index contributed by atoms with van der Waals surface area (Å²) in [5.41, 5.74) is 0. The van der Waals surface area contributed by atoms with Crippen molar-refractivity contribution in [3.63, 3.8) is 0 Å². The first-order chi connectivity index (χ1) is 8.04. The van der Waals surface area contributed by atoms with Crippen molar-refractivity contribution in [2.75, 3.05) is 33.7 Å². The smallest absolute Gasteiger partial charge is 0.239 e. The third-order valence-electron chi connectivity index (χ3n) is 3.66. The second-order valence-corrected chi connectivity index (χ2v) is 5.17. The number of amides is 1. The van der Waals surface area contributed by atoms with Gasteiger partial charge in [-0.15, -0.1) is 0 Å². The van der Waals surface area contributed by atoms with E-state index >= 15 is 0 Å². The van der Waals surface area contributed by atoms with Gasteiger partial charge in [0.1, 0.15) is 0 Å². The summed E-state index contributed by atoms with van der Waals surface area (Å²) in [6.07, 6.45) is 3.54. The van der Waals surface area contributed by atoms with E-state index < -0.39 is 0 Å². The summed E-state index contributed by atoms with van der Waals surface area (Å²) in [4.78, 5) is 16.1. The van der Waals surface area contributed by atoms with E-state index in [2.05, 4.69) is 17.3 Å². The maximum atomic E-state index is 12.0. The predicted octanol–water partition coefficient (Wildman–Crippen LogP) is 0.927. The molecule has 4 heteroatoms. The van der Waals surface area contributed by atoms with Crippen LogP contribution >= 0.6 is 0 Å². The second kappa shape index (κ2) is 6.97. The summed E-state index contributed by atoms with van der Waals surface area (Å²) < 4.78 is 0. The Labute approximate surface area is 105 Å². The second-order valence-electron chi connectivity index (χ2n) is 5.17. The lowest BCUT2D eigenvalue weighted by Crippen LogP contribution is -2.47. The van der Waals surface area contributed by atoms with E-state index in [0.29, 0.717) is 6.04 Å². The standard InChI is InChI=1S/C13H27N3O/c1-5-16(4)13(17)11(2)14-12-7-6-9-15(3)10-8-12/h11-12,14H,5-10H2,1-4H3. The van der Waals surface area contributed by atoms with Crippen LogP contribution in [0.4, 0.5) is 0 Å². The van der Waals surface area contributed by atoms with E-state index in [1.807, 2.05) is 20.9 Å². The molecular formula is C13H27N3O. The Hall–Kier alpha value is -0.610. The average Bonchev–Trinajstić information content (AvgIpc) is 2.52. The van der Waals surface area contributed by atoms with Gasteiger partial charge in [0.2, 0.25) is 5.91 Å². The number of nitrogens with one attached hydrogen (secondary N) is 1. The van der Waals surface area contributed by atoms with Gasteiger partial charge in [-0.25, -0.2) is 0 Å². The molecule has 4 nitrogen and oxygen atoms in total. The zero-order chi connectivity index (χ0) is 12.8. The Morgan fingerprint density at radius 3 is 2.82 bits per heavy atom. The van der Waals surface area contributed by atoms with Crippen molar-refractivity contribution in [2.45, 2.75) is 45.2 Å². The van der Waals surface area contributed by atoms with Crippen LogP contribution in [-0.4, -0.2) is 61.5 Å². The van der Waals surface area contributed by atoms with Crippen LogP contribution in [-0.2, 0) is 4.79 Å². The van der Waals surface area contributed by atoms with Crippen molar-refractivity contribution in [3.05, 3.63) is 0 Å². The fourth-order valence-electron chi connectivity index (χ4n) is 2.32. The molecule has 0 radical (unpaired) electrons. The molecule has 17 heavy (non-hydrogen) atoms. The molecule has 1 aliphatic rings. The highest BCUT2D eigenvalue weighted by Crippen LogP contribution is 2.10. The van der Waals surface area contributed by atoms with Crippen molar-refractivity contribution in [1.82, 2.24) is 15.1 Å². The highest BCUT2D eigenvalue weighted by molar-refractivity contribution is 5.81. The number of nitrogens with zero attached hydrogens (tertiary/aromatic N) is 2. The van der Waals surface area contributed by atoms with E-state index in [0.717, 1.165) is 19.5 Å². The number of carbonyl (C=O) groups excluding carboxylic acids is 1. The maximum Gasteiger partial charge on any atom is 0.239 e. The largest absolute Gasteiger partial charge is 0.345 e. The van der Waals surface area contributed by atoms with Crippen molar-refractivity contribution >= 4 is 5.91 Å². The lowest BCUT2D eigenvalue weighted by Gasteiger charge is -2.25. The minimum absolute atomic E-state index is 0.0617. The summed E-state index contributed by atoms with van der Waals surface area (Å²) in [6.45, 7) is 7.06. The Kier molecular flexibility index (Phi) is 5.92. The lowest BCUT2D eigenvalue weighted by atomic mass is 10.1. The first-order valence-electron chi connectivity index (χ1n) is 6.74. The molecule has 1 fully saturated rings. The van der Waals surface area contributed by atoms with Crippen molar-refractivity contribution in [3.8, 4) is 0 Å². The number of likely N-dealkylation sites (tertiary alicyclic amines) is 1. The Morgan fingerprint density at radius 2 is 2.18 bits per heavy atom. The molecule has 1 amide bonds. The number of carbonyl (C=O) groups is 1. The molecule has 2 unspecified atom stereocenters. The summed E-state index contributed by atoms with van der Waals surface area (Å²) in [7, 11) is 4.03. The van der Waals surface area contributed by atoms with Crippen LogP contribution in [0.2, 0.25) is 0 Å². The molecule has 0 bridgehead atoms. The highest BCUT2D eigenvalue weighted by atomic mass is 16.2. The van der Waals surface area contributed by atoms with Crippen molar-refractivity contribution in [2.24, 2.45) is 0 Å². The van der Waals surface area contributed by atoms with Gasteiger partial charge in [0.25, 0.3) is 0 Å². The van der Waals surface area contributed by atoms with E-state index in [-0.39, 0.29) is 11.9 Å². The molecule has 0 spiro atoms. The molecular weight excluding hydrogens is 214 g/mol. The van der Waals surface area contributed by atoms with Crippen molar-refractivity contribution in [1.29, 1.82) is 0 Å². The molecule has 0 saturated carbocycles. The first-order valence-corrected chi connectivity index (χ1v) is 6.74. The molecule has 0 aromatic rings. The molecule has 0 aromatic carbocycles. The number of rotatable bonds is 4. The third-order valence-corrected chi connectivity index (χ3v) is 3.66. The Morgan fingerprint density at radius 1 is 1.47 bits per heavy atom. The molecule has 0 aliphatic carbocycles.